The molecule has 108 valence electrons. The highest BCUT2D eigenvalue weighted by Gasteiger charge is 2.34. The number of aryl methyl sites for hydroxylation is 1. The molecule has 0 aliphatic heterocycles. The molecule has 0 saturated heterocycles. The lowest BCUT2D eigenvalue weighted by Gasteiger charge is -2.35. The quantitative estimate of drug-likeness (QED) is 0.697. The average Bonchev–Trinajstić information content (AvgIpc) is 2.33. The predicted molar refractivity (Wildman–Crippen MR) is 80.6 cm³/mol. The van der Waals surface area contributed by atoms with E-state index in [-0.39, 0.29) is 6.10 Å². The molecular formula is C15H23BrO3. The molecule has 1 rings (SSSR count). The smallest absolute Gasteiger partial charge is 0.202 e. The first-order valence-corrected chi connectivity index (χ1v) is 7.43. The van der Waals surface area contributed by atoms with Gasteiger partial charge in [-0.05, 0) is 68.2 Å². The molecule has 0 spiro atoms. The fourth-order valence-electron chi connectivity index (χ4n) is 1.85. The van der Waals surface area contributed by atoms with Crippen molar-refractivity contribution in [2.24, 2.45) is 0 Å². The monoisotopic (exact) mass is 330 g/mol. The summed E-state index contributed by atoms with van der Waals surface area (Å²) in [6, 6.07) is 6.00. The molecule has 0 amide bonds. The summed E-state index contributed by atoms with van der Waals surface area (Å²) >= 11 is 3.51. The van der Waals surface area contributed by atoms with Crippen molar-refractivity contribution in [2.75, 3.05) is 13.2 Å². The number of halogens is 1. The van der Waals surface area contributed by atoms with Gasteiger partial charge in [-0.1, -0.05) is 6.07 Å². The SMILES string of the molecule is CCOC(C)(OCC)C(C)Oc1ccc(C)cc1Br. The average molecular weight is 331 g/mol. The van der Waals surface area contributed by atoms with Crippen LogP contribution in [0.5, 0.6) is 5.75 Å². The molecule has 4 heteroatoms. The molecule has 0 N–H and O–H groups in total. The summed E-state index contributed by atoms with van der Waals surface area (Å²) in [4.78, 5) is 0. The maximum atomic E-state index is 5.97. The predicted octanol–water partition coefficient (Wildman–Crippen LogP) is 4.31. The molecule has 0 bridgehead atoms. The maximum absolute atomic E-state index is 5.97. The van der Waals surface area contributed by atoms with E-state index in [0.29, 0.717) is 13.2 Å². The van der Waals surface area contributed by atoms with Crippen molar-refractivity contribution >= 4 is 15.9 Å². The van der Waals surface area contributed by atoms with E-state index in [1.54, 1.807) is 0 Å². The minimum Gasteiger partial charge on any atom is -0.484 e. The molecule has 1 aromatic rings. The van der Waals surface area contributed by atoms with Crippen LogP contribution in [-0.4, -0.2) is 25.1 Å². The molecule has 0 aromatic heterocycles. The van der Waals surface area contributed by atoms with Gasteiger partial charge in [-0.2, -0.15) is 0 Å². The minimum atomic E-state index is -0.742. The van der Waals surface area contributed by atoms with Gasteiger partial charge in [-0.3, -0.25) is 0 Å². The van der Waals surface area contributed by atoms with Crippen LogP contribution in [0.4, 0.5) is 0 Å². The van der Waals surface area contributed by atoms with Crippen molar-refractivity contribution < 1.29 is 14.2 Å². The molecule has 0 fully saturated rings. The third-order valence-corrected chi connectivity index (χ3v) is 3.61. The highest BCUT2D eigenvalue weighted by Crippen LogP contribution is 2.30. The van der Waals surface area contributed by atoms with E-state index in [2.05, 4.69) is 15.9 Å². The number of benzene rings is 1. The van der Waals surface area contributed by atoms with Gasteiger partial charge in [0, 0.05) is 13.2 Å². The molecule has 1 atom stereocenters. The Morgan fingerprint density at radius 2 is 1.79 bits per heavy atom. The first-order chi connectivity index (χ1) is 8.92. The van der Waals surface area contributed by atoms with E-state index in [1.807, 2.05) is 52.8 Å². The highest BCUT2D eigenvalue weighted by molar-refractivity contribution is 9.10. The Labute approximate surface area is 124 Å². The molecule has 3 nitrogen and oxygen atoms in total. The number of rotatable bonds is 7. The van der Waals surface area contributed by atoms with Gasteiger partial charge < -0.3 is 14.2 Å². The summed E-state index contributed by atoms with van der Waals surface area (Å²) in [5, 5.41) is 0. The van der Waals surface area contributed by atoms with Crippen LogP contribution in [0.25, 0.3) is 0 Å². The second-order valence-corrected chi connectivity index (χ2v) is 5.43. The molecule has 1 unspecified atom stereocenters. The summed E-state index contributed by atoms with van der Waals surface area (Å²) in [6.07, 6.45) is -0.216. The summed E-state index contributed by atoms with van der Waals surface area (Å²) in [6.45, 7) is 11.0. The largest absolute Gasteiger partial charge is 0.484 e. The fourth-order valence-corrected chi connectivity index (χ4v) is 2.44. The summed E-state index contributed by atoms with van der Waals surface area (Å²) < 4.78 is 18.3. The van der Waals surface area contributed by atoms with Gasteiger partial charge in [0.25, 0.3) is 0 Å². The van der Waals surface area contributed by atoms with Crippen molar-refractivity contribution in [3.8, 4) is 5.75 Å². The van der Waals surface area contributed by atoms with E-state index in [4.69, 9.17) is 14.2 Å². The lowest BCUT2D eigenvalue weighted by atomic mass is 10.2. The van der Waals surface area contributed by atoms with Gasteiger partial charge >= 0.3 is 0 Å². The van der Waals surface area contributed by atoms with Gasteiger partial charge in [0.05, 0.1) is 4.47 Å². The fraction of sp³-hybridized carbons (Fsp3) is 0.600. The zero-order valence-corrected chi connectivity index (χ0v) is 13.9. The van der Waals surface area contributed by atoms with Crippen molar-refractivity contribution in [3.05, 3.63) is 28.2 Å². The summed E-state index contributed by atoms with van der Waals surface area (Å²) in [5.41, 5.74) is 1.18. The maximum Gasteiger partial charge on any atom is 0.202 e. The lowest BCUT2D eigenvalue weighted by molar-refractivity contribution is -0.259. The first-order valence-electron chi connectivity index (χ1n) is 6.63. The first kappa shape index (κ1) is 16.5. The van der Waals surface area contributed by atoms with E-state index in [9.17, 15) is 0 Å². The second-order valence-electron chi connectivity index (χ2n) is 4.58. The van der Waals surface area contributed by atoms with Crippen LogP contribution < -0.4 is 4.74 Å². The molecule has 19 heavy (non-hydrogen) atoms. The molecule has 0 aliphatic rings. The zero-order chi connectivity index (χ0) is 14.5. The molecule has 0 saturated carbocycles. The van der Waals surface area contributed by atoms with Crippen molar-refractivity contribution in [1.82, 2.24) is 0 Å². The standard InChI is InChI=1S/C15H23BrO3/c1-6-17-15(5,18-7-2)12(4)19-14-9-8-11(3)10-13(14)16/h8-10,12H,6-7H2,1-5H3. The van der Waals surface area contributed by atoms with Gasteiger partial charge in [0.15, 0.2) is 0 Å². The Hall–Kier alpha value is -0.580. The normalized spacial score (nSPS) is 13.4. The zero-order valence-electron chi connectivity index (χ0n) is 12.3. The number of hydrogen-bond acceptors (Lipinski definition) is 3. The van der Waals surface area contributed by atoms with Crippen LogP contribution in [0.3, 0.4) is 0 Å². The Morgan fingerprint density at radius 1 is 1.21 bits per heavy atom. The Bertz CT molecular complexity index is 400. The molecule has 1 aromatic carbocycles. The van der Waals surface area contributed by atoms with Crippen LogP contribution in [0.1, 0.15) is 33.3 Å². The summed E-state index contributed by atoms with van der Waals surface area (Å²) in [5.74, 6) is 0.0529. The summed E-state index contributed by atoms with van der Waals surface area (Å²) in [7, 11) is 0. The Kier molecular flexibility index (Phi) is 6.30. The molecule has 0 radical (unpaired) electrons. The van der Waals surface area contributed by atoms with Gasteiger partial charge in [-0.25, -0.2) is 0 Å². The number of ether oxygens (including phenoxy) is 3. The van der Waals surface area contributed by atoms with Crippen molar-refractivity contribution in [1.29, 1.82) is 0 Å². The van der Waals surface area contributed by atoms with Gasteiger partial charge in [0.1, 0.15) is 11.9 Å². The van der Waals surface area contributed by atoms with Crippen LogP contribution in [0.2, 0.25) is 0 Å². The topological polar surface area (TPSA) is 27.7 Å². The Morgan fingerprint density at radius 3 is 2.26 bits per heavy atom. The van der Waals surface area contributed by atoms with Crippen molar-refractivity contribution in [3.63, 3.8) is 0 Å². The molecule has 0 heterocycles. The van der Waals surface area contributed by atoms with Crippen LogP contribution in [0, 0.1) is 6.92 Å². The van der Waals surface area contributed by atoms with Crippen LogP contribution in [0.15, 0.2) is 22.7 Å². The van der Waals surface area contributed by atoms with E-state index >= 15 is 0 Å². The highest BCUT2D eigenvalue weighted by atomic mass is 79.9. The van der Waals surface area contributed by atoms with E-state index in [0.717, 1.165) is 10.2 Å². The Balaban J connectivity index is 2.83. The number of hydrogen-bond donors (Lipinski definition) is 0. The van der Waals surface area contributed by atoms with E-state index in [1.165, 1.54) is 5.56 Å². The van der Waals surface area contributed by atoms with Gasteiger partial charge in [-0.15, -0.1) is 0 Å². The molecular weight excluding hydrogens is 308 g/mol. The molecule has 0 aliphatic carbocycles. The lowest BCUT2D eigenvalue weighted by Crippen LogP contribution is -2.46. The minimum absolute atomic E-state index is 0.216. The van der Waals surface area contributed by atoms with Gasteiger partial charge in [0.2, 0.25) is 5.79 Å². The third kappa shape index (κ3) is 4.48. The van der Waals surface area contributed by atoms with E-state index < -0.39 is 5.79 Å². The van der Waals surface area contributed by atoms with Crippen LogP contribution in [-0.2, 0) is 9.47 Å². The second kappa shape index (κ2) is 7.27. The van der Waals surface area contributed by atoms with Crippen molar-refractivity contribution in [2.45, 2.75) is 46.5 Å². The van der Waals surface area contributed by atoms with Crippen LogP contribution >= 0.6 is 15.9 Å². The third-order valence-electron chi connectivity index (χ3n) is 2.99.